The van der Waals surface area contributed by atoms with Crippen LogP contribution in [0, 0.1) is 20.8 Å². The molecule has 0 aliphatic rings. The third-order valence-electron chi connectivity index (χ3n) is 4.57. The maximum absolute atomic E-state index is 10.4. The summed E-state index contributed by atoms with van der Waals surface area (Å²) in [5.74, 6) is 0. The molecule has 0 heterocycles. The van der Waals surface area contributed by atoms with Crippen molar-refractivity contribution < 1.29 is 5.11 Å². The van der Waals surface area contributed by atoms with Gasteiger partial charge in [0.25, 0.3) is 0 Å². The third kappa shape index (κ3) is 6.65. The largest absolute Gasteiger partial charge is 0.388 e. The van der Waals surface area contributed by atoms with E-state index in [2.05, 4.69) is 39.8 Å². The van der Waals surface area contributed by atoms with Crippen LogP contribution in [0.4, 0.5) is 0 Å². The van der Waals surface area contributed by atoms with Gasteiger partial charge in [0.15, 0.2) is 0 Å². The first kappa shape index (κ1) is 18.2. The molecule has 0 radical (unpaired) electrons. The molecule has 1 aromatic rings. The molecule has 0 saturated carbocycles. The van der Waals surface area contributed by atoms with E-state index in [1.165, 1.54) is 61.6 Å². The van der Waals surface area contributed by atoms with Crippen LogP contribution < -0.4 is 0 Å². The molecule has 0 fully saturated rings. The van der Waals surface area contributed by atoms with Crippen LogP contribution in [-0.4, -0.2) is 5.11 Å². The highest BCUT2D eigenvalue weighted by atomic mass is 16.3. The monoisotopic (exact) mass is 290 g/mol. The standard InChI is InChI=1S/C20H34O/c1-5-6-7-8-9-10-11-12-13-20(21)19-15-17(3)16(2)14-18(19)4/h14-15,20-21H,5-13H2,1-4H3. The van der Waals surface area contributed by atoms with Gasteiger partial charge in [0.05, 0.1) is 6.10 Å². The number of hydrogen-bond acceptors (Lipinski definition) is 1. The van der Waals surface area contributed by atoms with Crippen molar-refractivity contribution in [1.29, 1.82) is 0 Å². The molecule has 0 aliphatic heterocycles. The SMILES string of the molecule is CCCCCCCCCCC(O)c1cc(C)c(C)cc1C. The molecule has 1 nitrogen and oxygen atoms in total. The molecular weight excluding hydrogens is 256 g/mol. The normalized spacial score (nSPS) is 12.6. The molecule has 1 unspecified atom stereocenters. The highest BCUT2D eigenvalue weighted by molar-refractivity contribution is 5.37. The second kappa shape index (κ2) is 10.00. The maximum atomic E-state index is 10.4. The summed E-state index contributed by atoms with van der Waals surface area (Å²) in [7, 11) is 0. The quantitative estimate of drug-likeness (QED) is 0.510. The molecule has 1 rings (SSSR count). The van der Waals surface area contributed by atoms with Gasteiger partial charge in [-0.25, -0.2) is 0 Å². The van der Waals surface area contributed by atoms with Gasteiger partial charge in [-0.1, -0.05) is 70.4 Å². The van der Waals surface area contributed by atoms with Gasteiger partial charge in [-0.05, 0) is 49.4 Å². The minimum atomic E-state index is -0.288. The number of hydrogen-bond donors (Lipinski definition) is 1. The van der Waals surface area contributed by atoms with Crippen molar-refractivity contribution in [2.45, 2.75) is 91.6 Å². The van der Waals surface area contributed by atoms with Gasteiger partial charge >= 0.3 is 0 Å². The Labute approximate surface area is 131 Å². The summed E-state index contributed by atoms with van der Waals surface area (Å²) in [5.41, 5.74) is 4.95. The highest BCUT2D eigenvalue weighted by Crippen LogP contribution is 2.26. The van der Waals surface area contributed by atoms with Crippen LogP contribution in [0.1, 0.15) is 93.1 Å². The minimum Gasteiger partial charge on any atom is -0.388 e. The molecule has 0 bridgehead atoms. The van der Waals surface area contributed by atoms with Crippen molar-refractivity contribution in [2.75, 3.05) is 0 Å². The Balaban J connectivity index is 2.25. The number of unbranched alkanes of at least 4 members (excludes halogenated alkanes) is 7. The van der Waals surface area contributed by atoms with E-state index in [4.69, 9.17) is 0 Å². The topological polar surface area (TPSA) is 20.2 Å². The fraction of sp³-hybridized carbons (Fsp3) is 0.700. The van der Waals surface area contributed by atoms with Crippen LogP contribution in [0.2, 0.25) is 0 Å². The van der Waals surface area contributed by atoms with Crippen LogP contribution in [0.25, 0.3) is 0 Å². The van der Waals surface area contributed by atoms with Crippen LogP contribution in [0.15, 0.2) is 12.1 Å². The van der Waals surface area contributed by atoms with Gasteiger partial charge in [0.2, 0.25) is 0 Å². The summed E-state index contributed by atoms with van der Waals surface area (Å²) in [6.07, 6.45) is 11.2. The lowest BCUT2D eigenvalue weighted by atomic mass is 9.94. The van der Waals surface area contributed by atoms with Crippen LogP contribution in [0.3, 0.4) is 0 Å². The number of rotatable bonds is 10. The van der Waals surface area contributed by atoms with Gasteiger partial charge in [0.1, 0.15) is 0 Å². The average Bonchev–Trinajstić information content (AvgIpc) is 2.45. The summed E-state index contributed by atoms with van der Waals surface area (Å²) in [5, 5.41) is 10.4. The maximum Gasteiger partial charge on any atom is 0.0792 e. The lowest BCUT2D eigenvalue weighted by Gasteiger charge is -2.16. The van der Waals surface area contributed by atoms with Crippen molar-refractivity contribution in [1.82, 2.24) is 0 Å². The molecule has 1 heteroatoms. The molecule has 1 atom stereocenters. The lowest BCUT2D eigenvalue weighted by Crippen LogP contribution is -2.02. The summed E-state index contributed by atoms with van der Waals surface area (Å²) in [6, 6.07) is 4.36. The minimum absolute atomic E-state index is 0.288. The molecule has 0 aliphatic carbocycles. The molecule has 0 aromatic heterocycles. The number of aliphatic hydroxyl groups is 1. The van der Waals surface area contributed by atoms with E-state index in [1.54, 1.807) is 0 Å². The van der Waals surface area contributed by atoms with Crippen molar-refractivity contribution in [3.63, 3.8) is 0 Å². The Hall–Kier alpha value is -0.820. The second-order valence-corrected chi connectivity index (χ2v) is 6.57. The number of benzene rings is 1. The molecule has 0 spiro atoms. The summed E-state index contributed by atoms with van der Waals surface area (Å²) < 4.78 is 0. The van der Waals surface area contributed by atoms with E-state index < -0.39 is 0 Å². The third-order valence-corrected chi connectivity index (χ3v) is 4.57. The Bertz CT molecular complexity index is 409. The molecule has 1 aromatic carbocycles. The molecule has 120 valence electrons. The Morgan fingerprint density at radius 1 is 0.762 bits per heavy atom. The van der Waals surface area contributed by atoms with E-state index in [-0.39, 0.29) is 6.10 Å². The predicted molar refractivity (Wildman–Crippen MR) is 92.8 cm³/mol. The average molecular weight is 290 g/mol. The van der Waals surface area contributed by atoms with Gasteiger partial charge in [-0.2, -0.15) is 0 Å². The molecule has 1 N–H and O–H groups in total. The van der Waals surface area contributed by atoms with Crippen molar-refractivity contribution in [3.05, 3.63) is 34.4 Å². The number of aryl methyl sites for hydroxylation is 3. The Morgan fingerprint density at radius 3 is 1.90 bits per heavy atom. The predicted octanol–water partition coefficient (Wildman–Crippen LogP) is 6.18. The van der Waals surface area contributed by atoms with E-state index in [9.17, 15) is 5.11 Å². The van der Waals surface area contributed by atoms with Gasteiger partial charge in [-0.3, -0.25) is 0 Å². The first-order chi connectivity index (χ1) is 10.1. The van der Waals surface area contributed by atoms with Crippen molar-refractivity contribution >= 4 is 0 Å². The van der Waals surface area contributed by atoms with E-state index >= 15 is 0 Å². The van der Waals surface area contributed by atoms with Crippen molar-refractivity contribution in [3.8, 4) is 0 Å². The van der Waals surface area contributed by atoms with Crippen LogP contribution in [-0.2, 0) is 0 Å². The van der Waals surface area contributed by atoms with Crippen molar-refractivity contribution in [2.24, 2.45) is 0 Å². The van der Waals surface area contributed by atoms with Gasteiger partial charge in [0, 0.05) is 0 Å². The molecule has 0 saturated heterocycles. The van der Waals surface area contributed by atoms with Gasteiger partial charge < -0.3 is 5.11 Å². The molecule has 21 heavy (non-hydrogen) atoms. The lowest BCUT2D eigenvalue weighted by molar-refractivity contribution is 0.162. The summed E-state index contributed by atoms with van der Waals surface area (Å²) in [4.78, 5) is 0. The Morgan fingerprint density at radius 2 is 1.29 bits per heavy atom. The number of aliphatic hydroxyl groups excluding tert-OH is 1. The summed E-state index contributed by atoms with van der Waals surface area (Å²) in [6.45, 7) is 8.63. The highest BCUT2D eigenvalue weighted by Gasteiger charge is 2.11. The Kier molecular flexibility index (Phi) is 8.68. The zero-order chi connectivity index (χ0) is 15.7. The molecular formula is C20H34O. The van der Waals surface area contributed by atoms with Crippen LogP contribution in [0.5, 0.6) is 0 Å². The van der Waals surface area contributed by atoms with Crippen LogP contribution >= 0.6 is 0 Å². The fourth-order valence-electron chi connectivity index (χ4n) is 2.97. The smallest absolute Gasteiger partial charge is 0.0792 e. The zero-order valence-corrected chi connectivity index (χ0v) is 14.5. The van der Waals surface area contributed by atoms with E-state index in [1.807, 2.05) is 0 Å². The van der Waals surface area contributed by atoms with E-state index in [0.29, 0.717) is 0 Å². The summed E-state index contributed by atoms with van der Waals surface area (Å²) >= 11 is 0. The van der Waals surface area contributed by atoms with E-state index in [0.717, 1.165) is 18.4 Å². The second-order valence-electron chi connectivity index (χ2n) is 6.57. The fourth-order valence-corrected chi connectivity index (χ4v) is 2.97. The molecule has 0 amide bonds. The zero-order valence-electron chi connectivity index (χ0n) is 14.5. The van der Waals surface area contributed by atoms with Gasteiger partial charge in [-0.15, -0.1) is 0 Å². The first-order valence-corrected chi connectivity index (χ1v) is 8.82. The first-order valence-electron chi connectivity index (χ1n) is 8.82.